The molecule has 0 unspecified atom stereocenters. The number of amidine groups is 1. The number of nitrogens with zero attached hydrogens (tertiary/aromatic N) is 4. The maximum Gasteiger partial charge on any atom is 0.266 e. The average molecular weight is 503 g/mol. The van der Waals surface area contributed by atoms with Gasteiger partial charge in [0.05, 0.1) is 10.6 Å². The van der Waals surface area contributed by atoms with Gasteiger partial charge in [0, 0.05) is 42.4 Å². The Morgan fingerprint density at radius 1 is 1.00 bits per heavy atom. The number of hydrogen-bond donors (Lipinski definition) is 0. The number of likely N-dealkylation sites (N-methyl/N-ethyl adjacent to an activating group) is 1. The third-order valence-corrected chi connectivity index (χ3v) is 7.83. The van der Waals surface area contributed by atoms with Gasteiger partial charge in [-0.05, 0) is 112 Å². The molecular weight excluding hydrogens is 471 g/mol. The highest BCUT2D eigenvalue weighted by atomic mass is 32.2. The molecule has 5 nitrogen and oxygen atoms in total. The van der Waals surface area contributed by atoms with E-state index in [0.717, 1.165) is 41.4 Å². The van der Waals surface area contributed by atoms with Crippen molar-refractivity contribution >= 4 is 40.3 Å². The van der Waals surface area contributed by atoms with Crippen molar-refractivity contribution in [3.05, 3.63) is 82.3 Å². The maximum absolute atomic E-state index is 13.8. The van der Waals surface area contributed by atoms with E-state index in [-0.39, 0.29) is 11.7 Å². The standard InChI is InChI=1S/C29H31FN4OS/c1-4-33-28(35)27(18-22-17-20(2)34(21(22)3)26-10-8-9-23(30)19-26)36-29(33)31-24-11-13-25(14-12-24)32-15-6-5-7-16-32/h8-14,17-19H,4-7,15-16H2,1-3H3/b27-18-,31-29?. The van der Waals surface area contributed by atoms with Gasteiger partial charge < -0.3 is 9.47 Å². The molecule has 2 aliphatic heterocycles. The van der Waals surface area contributed by atoms with Crippen molar-refractivity contribution in [3.8, 4) is 5.69 Å². The summed E-state index contributed by atoms with van der Waals surface area (Å²) in [5, 5.41) is 0.693. The van der Waals surface area contributed by atoms with E-state index in [1.807, 2.05) is 55.7 Å². The molecule has 0 atom stereocenters. The number of thioether (sulfide) groups is 1. The molecule has 3 heterocycles. The Bertz CT molecular complexity index is 1340. The van der Waals surface area contributed by atoms with Gasteiger partial charge in [0.2, 0.25) is 0 Å². The van der Waals surface area contributed by atoms with Crippen LogP contribution in [0.15, 0.2) is 64.5 Å². The molecule has 2 fully saturated rings. The topological polar surface area (TPSA) is 40.8 Å². The van der Waals surface area contributed by atoms with Crippen LogP contribution in [0, 0.1) is 19.7 Å². The van der Waals surface area contributed by atoms with Crippen molar-refractivity contribution in [1.82, 2.24) is 9.47 Å². The Morgan fingerprint density at radius 2 is 1.75 bits per heavy atom. The molecule has 5 rings (SSSR count). The largest absolute Gasteiger partial charge is 0.372 e. The summed E-state index contributed by atoms with van der Waals surface area (Å²) in [6, 6.07) is 16.9. The molecule has 3 aromatic rings. The molecule has 0 radical (unpaired) electrons. The third-order valence-electron chi connectivity index (χ3n) is 6.82. The summed E-state index contributed by atoms with van der Waals surface area (Å²) >= 11 is 1.40. The molecule has 1 aromatic heterocycles. The molecule has 7 heteroatoms. The molecule has 0 saturated carbocycles. The summed E-state index contributed by atoms with van der Waals surface area (Å²) < 4.78 is 15.8. The number of piperidine rings is 1. The SMILES string of the molecule is CCN1C(=O)/C(=C/c2cc(C)n(-c3cccc(F)c3)c2C)SC1=Nc1ccc(N2CCCCC2)cc1. The van der Waals surface area contributed by atoms with Crippen molar-refractivity contribution < 1.29 is 9.18 Å². The molecule has 0 N–H and O–H groups in total. The van der Waals surface area contributed by atoms with Crippen molar-refractivity contribution in [2.24, 2.45) is 4.99 Å². The van der Waals surface area contributed by atoms with Gasteiger partial charge in [0.15, 0.2) is 5.17 Å². The van der Waals surface area contributed by atoms with E-state index in [1.54, 1.807) is 11.0 Å². The summed E-state index contributed by atoms with van der Waals surface area (Å²) in [5.74, 6) is -0.313. The highest BCUT2D eigenvalue weighted by Crippen LogP contribution is 2.35. The molecule has 36 heavy (non-hydrogen) atoms. The molecule has 0 aliphatic carbocycles. The van der Waals surface area contributed by atoms with E-state index < -0.39 is 0 Å². The number of amides is 1. The van der Waals surface area contributed by atoms with Crippen LogP contribution in [0.1, 0.15) is 43.1 Å². The van der Waals surface area contributed by atoms with E-state index in [0.29, 0.717) is 16.6 Å². The van der Waals surface area contributed by atoms with Crippen LogP contribution >= 0.6 is 11.8 Å². The number of halogens is 1. The smallest absolute Gasteiger partial charge is 0.266 e. The van der Waals surface area contributed by atoms with Crippen LogP contribution in [0.25, 0.3) is 11.8 Å². The minimum atomic E-state index is -0.273. The van der Waals surface area contributed by atoms with Crippen LogP contribution in [-0.2, 0) is 4.79 Å². The minimum Gasteiger partial charge on any atom is -0.372 e. The van der Waals surface area contributed by atoms with Crippen molar-refractivity contribution in [2.75, 3.05) is 24.5 Å². The number of aliphatic imine (C=N–C) groups is 1. The van der Waals surface area contributed by atoms with Crippen LogP contribution in [-0.4, -0.2) is 40.2 Å². The number of carbonyl (C=O) groups excluding carboxylic acids is 1. The number of carbonyl (C=O) groups is 1. The maximum atomic E-state index is 13.8. The number of benzene rings is 2. The van der Waals surface area contributed by atoms with E-state index >= 15 is 0 Å². The van der Waals surface area contributed by atoms with Crippen molar-refractivity contribution in [3.63, 3.8) is 0 Å². The fraction of sp³-hybridized carbons (Fsp3) is 0.310. The van der Waals surface area contributed by atoms with Gasteiger partial charge in [0.25, 0.3) is 5.91 Å². The molecule has 2 aromatic carbocycles. The fourth-order valence-electron chi connectivity index (χ4n) is 4.96. The first-order valence-electron chi connectivity index (χ1n) is 12.5. The van der Waals surface area contributed by atoms with Crippen LogP contribution in [0.4, 0.5) is 15.8 Å². The van der Waals surface area contributed by atoms with E-state index in [4.69, 9.17) is 4.99 Å². The fourth-order valence-corrected chi connectivity index (χ4v) is 6.01. The van der Waals surface area contributed by atoms with Crippen LogP contribution in [0.3, 0.4) is 0 Å². The van der Waals surface area contributed by atoms with Crippen LogP contribution < -0.4 is 4.90 Å². The Kier molecular flexibility index (Phi) is 7.01. The lowest BCUT2D eigenvalue weighted by Crippen LogP contribution is -2.29. The lowest BCUT2D eigenvalue weighted by molar-refractivity contribution is -0.122. The van der Waals surface area contributed by atoms with Crippen molar-refractivity contribution in [1.29, 1.82) is 0 Å². The minimum absolute atomic E-state index is 0.0401. The predicted molar refractivity (Wildman–Crippen MR) is 148 cm³/mol. The molecule has 0 spiro atoms. The summed E-state index contributed by atoms with van der Waals surface area (Å²) in [6.45, 7) is 8.71. The second-order valence-corrected chi connectivity index (χ2v) is 10.3. The van der Waals surface area contributed by atoms with E-state index in [9.17, 15) is 9.18 Å². The van der Waals surface area contributed by atoms with Gasteiger partial charge >= 0.3 is 0 Å². The quantitative estimate of drug-likeness (QED) is 0.358. The molecule has 1 amide bonds. The molecule has 0 bridgehead atoms. The second kappa shape index (κ2) is 10.3. The highest BCUT2D eigenvalue weighted by molar-refractivity contribution is 8.18. The molecular formula is C29H31FN4OS. The van der Waals surface area contributed by atoms with Gasteiger partial charge in [-0.1, -0.05) is 6.07 Å². The summed E-state index contributed by atoms with van der Waals surface area (Å²) in [6.07, 6.45) is 5.72. The molecule has 2 saturated heterocycles. The molecule has 186 valence electrons. The zero-order valence-electron chi connectivity index (χ0n) is 21.0. The van der Waals surface area contributed by atoms with E-state index in [1.165, 1.54) is 48.8 Å². The predicted octanol–water partition coefficient (Wildman–Crippen LogP) is 6.85. The zero-order valence-corrected chi connectivity index (χ0v) is 21.8. The van der Waals surface area contributed by atoms with Gasteiger partial charge in [-0.2, -0.15) is 0 Å². The summed E-state index contributed by atoms with van der Waals surface area (Å²) in [4.78, 5) is 22.8. The Hall–Kier alpha value is -3.32. The molecule has 2 aliphatic rings. The van der Waals surface area contributed by atoms with Crippen LogP contribution in [0.5, 0.6) is 0 Å². The van der Waals surface area contributed by atoms with Gasteiger partial charge in [-0.3, -0.25) is 9.69 Å². The second-order valence-electron chi connectivity index (χ2n) is 9.26. The lowest BCUT2D eigenvalue weighted by atomic mass is 10.1. The lowest BCUT2D eigenvalue weighted by Gasteiger charge is -2.28. The number of aryl methyl sites for hydroxylation is 1. The third kappa shape index (κ3) is 4.85. The van der Waals surface area contributed by atoms with Gasteiger partial charge in [0.1, 0.15) is 5.82 Å². The highest BCUT2D eigenvalue weighted by Gasteiger charge is 2.32. The summed E-state index contributed by atoms with van der Waals surface area (Å²) in [5.41, 5.74) is 5.72. The number of aromatic nitrogens is 1. The van der Waals surface area contributed by atoms with Crippen LogP contribution in [0.2, 0.25) is 0 Å². The Balaban J connectivity index is 1.41. The number of anilines is 1. The number of hydrogen-bond acceptors (Lipinski definition) is 4. The van der Waals surface area contributed by atoms with Gasteiger partial charge in [-0.25, -0.2) is 9.38 Å². The average Bonchev–Trinajstić information content (AvgIpc) is 3.33. The van der Waals surface area contributed by atoms with E-state index in [2.05, 4.69) is 17.0 Å². The first kappa shape index (κ1) is 24.4. The Labute approximate surface area is 216 Å². The van der Waals surface area contributed by atoms with Gasteiger partial charge in [-0.15, -0.1) is 0 Å². The monoisotopic (exact) mass is 502 g/mol. The summed E-state index contributed by atoms with van der Waals surface area (Å²) in [7, 11) is 0. The Morgan fingerprint density at radius 3 is 2.44 bits per heavy atom. The zero-order chi connectivity index (χ0) is 25.2. The first-order valence-corrected chi connectivity index (χ1v) is 13.4. The first-order chi connectivity index (χ1) is 17.4. The normalized spacial score (nSPS) is 18.6. The van der Waals surface area contributed by atoms with Crippen molar-refractivity contribution in [2.45, 2.75) is 40.0 Å². The number of rotatable bonds is 5.